The number of aliphatic imine (C=N–C) groups is 1. The van der Waals surface area contributed by atoms with E-state index in [1.807, 2.05) is 0 Å². The molecule has 2 aliphatic rings. The van der Waals surface area contributed by atoms with Gasteiger partial charge in [0, 0.05) is 45.6 Å². The van der Waals surface area contributed by atoms with Crippen LogP contribution in [0.3, 0.4) is 0 Å². The van der Waals surface area contributed by atoms with Crippen LogP contribution in [0.5, 0.6) is 0 Å². The van der Waals surface area contributed by atoms with Crippen molar-refractivity contribution in [3.8, 4) is 0 Å². The molecule has 0 spiro atoms. The van der Waals surface area contributed by atoms with Gasteiger partial charge in [-0.25, -0.2) is 0 Å². The molecule has 0 amide bonds. The summed E-state index contributed by atoms with van der Waals surface area (Å²) < 4.78 is 7.26. The first kappa shape index (κ1) is 23.9. The van der Waals surface area contributed by atoms with Crippen molar-refractivity contribution in [3.63, 3.8) is 0 Å². The molecule has 1 aromatic rings. The highest BCUT2D eigenvalue weighted by atomic mass is 127. The van der Waals surface area contributed by atoms with Crippen molar-refractivity contribution in [1.29, 1.82) is 0 Å². The topological polar surface area (TPSA) is 84.6 Å². The van der Waals surface area contributed by atoms with E-state index >= 15 is 0 Å². The van der Waals surface area contributed by atoms with Gasteiger partial charge >= 0.3 is 5.97 Å². The van der Waals surface area contributed by atoms with Crippen LogP contribution in [0.25, 0.3) is 0 Å². The summed E-state index contributed by atoms with van der Waals surface area (Å²) in [7, 11) is 1.46. The lowest BCUT2D eigenvalue weighted by Crippen LogP contribution is -2.40. The third kappa shape index (κ3) is 6.05. The second-order valence-electron chi connectivity index (χ2n) is 7.85. The molecule has 8 nitrogen and oxygen atoms in total. The first-order chi connectivity index (χ1) is 13.6. The minimum atomic E-state index is -0.127. The van der Waals surface area contributed by atoms with Crippen molar-refractivity contribution >= 4 is 35.9 Å². The highest BCUT2D eigenvalue weighted by molar-refractivity contribution is 14.0. The molecule has 0 aliphatic carbocycles. The van der Waals surface area contributed by atoms with E-state index in [9.17, 15) is 4.79 Å². The SMILES string of the molecule is CCNC(=NCCCc1nnc2n1CCCCC2)N1CC(C)C(C(=O)OC)C1.I. The first-order valence-corrected chi connectivity index (χ1v) is 10.7. The minimum absolute atomic E-state index is 0. The molecule has 2 aliphatic heterocycles. The molecule has 2 unspecified atom stereocenters. The summed E-state index contributed by atoms with van der Waals surface area (Å²) in [4.78, 5) is 18.9. The van der Waals surface area contributed by atoms with E-state index < -0.39 is 0 Å². The molecule has 0 saturated carbocycles. The number of hydrogen-bond donors (Lipinski definition) is 1. The maximum absolute atomic E-state index is 12.0. The van der Waals surface area contributed by atoms with Gasteiger partial charge in [0.2, 0.25) is 0 Å². The van der Waals surface area contributed by atoms with Gasteiger partial charge in [-0.1, -0.05) is 13.3 Å². The van der Waals surface area contributed by atoms with Crippen LogP contribution >= 0.6 is 24.0 Å². The lowest BCUT2D eigenvalue weighted by molar-refractivity contribution is -0.145. The summed E-state index contributed by atoms with van der Waals surface area (Å²) in [6.07, 6.45) is 6.60. The normalized spacial score (nSPS) is 21.9. The standard InChI is InChI=1S/C20H34N6O2.HI/c1-4-21-20(25-13-15(2)16(14-25)19(27)28-3)22-11-8-10-18-24-23-17-9-6-5-7-12-26(17)18;/h15-16H,4-14H2,1-3H3,(H,21,22);1H. The number of nitrogens with zero attached hydrogens (tertiary/aromatic N) is 5. The van der Waals surface area contributed by atoms with Crippen LogP contribution in [0.15, 0.2) is 4.99 Å². The largest absolute Gasteiger partial charge is 0.469 e. The van der Waals surface area contributed by atoms with Gasteiger partial charge in [-0.3, -0.25) is 9.79 Å². The number of aryl methyl sites for hydroxylation is 2. The average molecular weight is 518 g/mol. The lowest BCUT2D eigenvalue weighted by atomic mass is 9.99. The Bertz CT molecular complexity index is 693. The Hall–Kier alpha value is -1.39. The number of halogens is 1. The maximum Gasteiger partial charge on any atom is 0.310 e. The van der Waals surface area contributed by atoms with E-state index in [-0.39, 0.29) is 41.8 Å². The van der Waals surface area contributed by atoms with E-state index in [4.69, 9.17) is 9.73 Å². The second kappa shape index (κ2) is 11.7. The smallest absolute Gasteiger partial charge is 0.310 e. The first-order valence-electron chi connectivity index (χ1n) is 10.7. The number of carbonyl (C=O) groups excluding carboxylic acids is 1. The van der Waals surface area contributed by atoms with Crippen molar-refractivity contribution in [3.05, 3.63) is 11.6 Å². The molecule has 1 fully saturated rings. The van der Waals surface area contributed by atoms with Gasteiger partial charge in [-0.05, 0) is 32.1 Å². The van der Waals surface area contributed by atoms with Gasteiger partial charge in [0.15, 0.2) is 5.96 Å². The molecule has 0 radical (unpaired) electrons. The molecule has 3 rings (SSSR count). The molecule has 3 heterocycles. The molecule has 0 bridgehead atoms. The van der Waals surface area contributed by atoms with Crippen LogP contribution < -0.4 is 5.32 Å². The number of methoxy groups -OCH3 is 1. The fourth-order valence-electron chi connectivity index (χ4n) is 4.18. The summed E-state index contributed by atoms with van der Waals surface area (Å²) in [6, 6.07) is 0. The molecular weight excluding hydrogens is 483 g/mol. The number of hydrogen-bond acceptors (Lipinski definition) is 5. The number of likely N-dealkylation sites (tertiary alicyclic amines) is 1. The van der Waals surface area contributed by atoms with Crippen LogP contribution in [0, 0.1) is 11.8 Å². The zero-order valence-electron chi connectivity index (χ0n) is 17.9. The Kier molecular flexibility index (Phi) is 9.64. The Morgan fingerprint density at radius 1 is 1.28 bits per heavy atom. The molecule has 1 N–H and O–H groups in total. The van der Waals surface area contributed by atoms with E-state index in [1.165, 1.54) is 26.4 Å². The van der Waals surface area contributed by atoms with Gasteiger partial charge in [0.05, 0.1) is 13.0 Å². The van der Waals surface area contributed by atoms with Crippen LogP contribution in [-0.4, -0.2) is 64.9 Å². The van der Waals surface area contributed by atoms with Crippen LogP contribution in [0.1, 0.15) is 51.2 Å². The number of fused-ring (bicyclic) bond motifs is 1. The molecule has 29 heavy (non-hydrogen) atoms. The van der Waals surface area contributed by atoms with Crippen molar-refractivity contribution in [1.82, 2.24) is 25.0 Å². The summed E-state index contributed by atoms with van der Waals surface area (Å²) in [6.45, 7) is 8.24. The maximum atomic E-state index is 12.0. The molecule has 1 saturated heterocycles. The van der Waals surface area contributed by atoms with Crippen molar-refractivity contribution in [2.24, 2.45) is 16.8 Å². The number of nitrogens with one attached hydrogen (secondary N) is 1. The number of aromatic nitrogens is 3. The predicted octanol–water partition coefficient (Wildman–Crippen LogP) is 2.26. The summed E-state index contributed by atoms with van der Waals surface area (Å²) >= 11 is 0. The summed E-state index contributed by atoms with van der Waals surface area (Å²) in [5, 5.41) is 12.1. The van der Waals surface area contributed by atoms with Crippen LogP contribution in [0.4, 0.5) is 0 Å². The van der Waals surface area contributed by atoms with Gasteiger partial charge in [-0.15, -0.1) is 34.2 Å². The van der Waals surface area contributed by atoms with Crippen molar-refractivity contribution < 1.29 is 9.53 Å². The van der Waals surface area contributed by atoms with Gasteiger partial charge in [0.25, 0.3) is 0 Å². The Morgan fingerprint density at radius 3 is 2.86 bits per heavy atom. The number of rotatable bonds is 6. The van der Waals surface area contributed by atoms with E-state index in [1.54, 1.807) is 0 Å². The monoisotopic (exact) mass is 518 g/mol. The van der Waals surface area contributed by atoms with Crippen LogP contribution in [0.2, 0.25) is 0 Å². The molecule has 9 heteroatoms. The minimum Gasteiger partial charge on any atom is -0.469 e. The van der Waals surface area contributed by atoms with Gasteiger partial charge in [-0.2, -0.15) is 0 Å². The van der Waals surface area contributed by atoms with Crippen molar-refractivity contribution in [2.45, 2.75) is 58.9 Å². The number of guanidine groups is 1. The Balaban J connectivity index is 0.00000300. The summed E-state index contributed by atoms with van der Waals surface area (Å²) in [5.74, 6) is 3.18. The highest BCUT2D eigenvalue weighted by Gasteiger charge is 2.36. The Labute approximate surface area is 190 Å². The third-order valence-electron chi connectivity index (χ3n) is 5.76. The van der Waals surface area contributed by atoms with E-state index in [0.29, 0.717) is 6.54 Å². The quantitative estimate of drug-likeness (QED) is 0.205. The third-order valence-corrected chi connectivity index (χ3v) is 5.76. The molecule has 2 atom stereocenters. The Morgan fingerprint density at radius 2 is 2.10 bits per heavy atom. The zero-order chi connectivity index (χ0) is 19.9. The summed E-state index contributed by atoms with van der Waals surface area (Å²) in [5.41, 5.74) is 0. The van der Waals surface area contributed by atoms with E-state index in [2.05, 4.69) is 38.8 Å². The van der Waals surface area contributed by atoms with Gasteiger partial charge in [0.1, 0.15) is 11.6 Å². The predicted molar refractivity (Wildman–Crippen MR) is 124 cm³/mol. The zero-order valence-corrected chi connectivity index (χ0v) is 20.2. The molecule has 1 aromatic heterocycles. The molecular formula is C20H35IN6O2. The average Bonchev–Trinajstić information content (AvgIpc) is 3.18. The molecule has 164 valence electrons. The fourth-order valence-corrected chi connectivity index (χ4v) is 4.18. The second-order valence-corrected chi connectivity index (χ2v) is 7.85. The number of ether oxygens (including phenoxy) is 1. The number of carbonyl (C=O) groups is 1. The lowest BCUT2D eigenvalue weighted by Gasteiger charge is -2.21. The van der Waals surface area contributed by atoms with Crippen molar-refractivity contribution in [2.75, 3.05) is 33.3 Å². The van der Waals surface area contributed by atoms with E-state index in [0.717, 1.165) is 63.0 Å². The number of esters is 1. The fraction of sp³-hybridized carbons (Fsp3) is 0.800. The molecule has 0 aromatic carbocycles. The van der Waals surface area contributed by atoms with Crippen LogP contribution in [-0.2, 0) is 28.9 Å². The highest BCUT2D eigenvalue weighted by Crippen LogP contribution is 2.24. The van der Waals surface area contributed by atoms with Gasteiger partial charge < -0.3 is 19.5 Å².